The molecule has 0 bridgehead atoms. The van der Waals surface area contributed by atoms with Gasteiger partial charge in [0.15, 0.2) is 0 Å². The molecule has 144 valence electrons. The van der Waals surface area contributed by atoms with Gasteiger partial charge in [-0.1, -0.05) is 6.92 Å². The quantitative estimate of drug-likeness (QED) is 0.770. The average molecular weight is 379 g/mol. The SMILES string of the molecule is CCC(N[S@+]([O-])C(C)(C)C)c1nc(N2CCC[C@H]2C)cc2c1CNC2=O. The highest BCUT2D eigenvalue weighted by atomic mass is 32.2. The summed E-state index contributed by atoms with van der Waals surface area (Å²) >= 11 is -1.20. The highest BCUT2D eigenvalue weighted by Crippen LogP contribution is 2.33. The maximum absolute atomic E-state index is 12.6. The van der Waals surface area contributed by atoms with Gasteiger partial charge in [0, 0.05) is 41.6 Å². The molecule has 0 spiro atoms. The fourth-order valence-electron chi connectivity index (χ4n) is 3.58. The number of pyridine rings is 1. The summed E-state index contributed by atoms with van der Waals surface area (Å²) in [4.78, 5) is 19.6. The van der Waals surface area contributed by atoms with Crippen LogP contribution in [-0.4, -0.2) is 32.8 Å². The highest BCUT2D eigenvalue weighted by Gasteiger charge is 2.34. The lowest BCUT2D eigenvalue weighted by Gasteiger charge is -2.29. The first-order chi connectivity index (χ1) is 12.2. The molecule has 1 unspecified atom stereocenters. The monoisotopic (exact) mass is 378 g/mol. The molecule has 3 rings (SSSR count). The molecule has 1 amide bonds. The number of hydrogen-bond acceptors (Lipinski definition) is 5. The molecule has 3 atom stereocenters. The first-order valence-electron chi connectivity index (χ1n) is 9.49. The Labute approximate surface area is 159 Å². The van der Waals surface area contributed by atoms with E-state index in [1.807, 2.05) is 26.8 Å². The van der Waals surface area contributed by atoms with Crippen LogP contribution >= 0.6 is 0 Å². The van der Waals surface area contributed by atoms with Gasteiger partial charge < -0.3 is 14.8 Å². The Hall–Kier alpha value is -1.31. The Morgan fingerprint density at radius 3 is 2.81 bits per heavy atom. The molecule has 3 heterocycles. The Bertz CT molecular complexity index is 689. The maximum Gasteiger partial charge on any atom is 0.252 e. The van der Waals surface area contributed by atoms with Crippen LogP contribution in [0.25, 0.3) is 0 Å². The average Bonchev–Trinajstić information content (AvgIpc) is 3.17. The number of nitrogens with zero attached hydrogens (tertiary/aromatic N) is 2. The Morgan fingerprint density at radius 1 is 1.50 bits per heavy atom. The molecular formula is C19H30N4O2S. The van der Waals surface area contributed by atoms with Gasteiger partial charge in [0.05, 0.1) is 11.7 Å². The number of carbonyl (C=O) groups is 1. The zero-order chi connectivity index (χ0) is 19.1. The van der Waals surface area contributed by atoms with Crippen LogP contribution in [0, 0.1) is 0 Å². The topological polar surface area (TPSA) is 80.3 Å². The maximum atomic E-state index is 12.6. The Balaban J connectivity index is 2.00. The molecule has 1 saturated heterocycles. The fourth-order valence-corrected chi connectivity index (χ4v) is 4.47. The summed E-state index contributed by atoms with van der Waals surface area (Å²) in [6.45, 7) is 11.6. The van der Waals surface area contributed by atoms with Gasteiger partial charge in [-0.25, -0.2) is 4.98 Å². The van der Waals surface area contributed by atoms with Gasteiger partial charge in [-0.2, -0.15) is 0 Å². The molecule has 0 radical (unpaired) electrons. The summed E-state index contributed by atoms with van der Waals surface area (Å²) in [6, 6.07) is 2.21. The van der Waals surface area contributed by atoms with Crippen molar-refractivity contribution in [2.75, 3.05) is 11.4 Å². The van der Waals surface area contributed by atoms with E-state index in [4.69, 9.17) is 4.98 Å². The summed E-state index contributed by atoms with van der Waals surface area (Å²) in [5, 5.41) is 2.92. The third kappa shape index (κ3) is 3.70. The van der Waals surface area contributed by atoms with Crippen molar-refractivity contribution in [1.29, 1.82) is 0 Å². The zero-order valence-electron chi connectivity index (χ0n) is 16.4. The minimum absolute atomic E-state index is 0.0384. The Morgan fingerprint density at radius 2 is 2.23 bits per heavy atom. The largest absolute Gasteiger partial charge is 0.598 e. The van der Waals surface area contributed by atoms with Crippen LogP contribution < -0.4 is 14.9 Å². The minimum atomic E-state index is -1.20. The molecule has 26 heavy (non-hydrogen) atoms. The van der Waals surface area contributed by atoms with Gasteiger partial charge in [0.25, 0.3) is 5.91 Å². The molecule has 2 N–H and O–H groups in total. The molecule has 7 heteroatoms. The van der Waals surface area contributed by atoms with Gasteiger partial charge in [-0.05, 0) is 53.0 Å². The number of nitrogens with one attached hydrogen (secondary N) is 2. The lowest BCUT2D eigenvalue weighted by atomic mass is 10.0. The van der Waals surface area contributed by atoms with Gasteiger partial charge in [-0.15, -0.1) is 4.72 Å². The standard InChI is InChI=1S/C19H30N4O2S/c1-6-15(22-26(25)19(3,4)5)17-14-11-20-18(24)13(14)10-16(21-17)23-9-7-8-12(23)2/h10,12,15,22H,6-9,11H2,1-5H3,(H,20,24)/t12-,15?,26-/m1/s1. The molecule has 6 nitrogen and oxygen atoms in total. The fraction of sp³-hybridized carbons (Fsp3) is 0.684. The second-order valence-corrected chi connectivity index (χ2v) is 10.2. The minimum Gasteiger partial charge on any atom is -0.598 e. The van der Waals surface area contributed by atoms with Crippen molar-refractivity contribution in [2.45, 2.75) is 77.3 Å². The summed E-state index contributed by atoms with van der Waals surface area (Å²) < 4.78 is 15.5. The summed E-state index contributed by atoms with van der Waals surface area (Å²) in [5.41, 5.74) is 2.51. The molecule has 1 aromatic rings. The number of hydrogen-bond donors (Lipinski definition) is 2. The summed E-state index contributed by atoms with van der Waals surface area (Å²) in [5.74, 6) is 0.825. The van der Waals surface area contributed by atoms with Crippen molar-refractivity contribution in [2.24, 2.45) is 0 Å². The van der Waals surface area contributed by atoms with E-state index >= 15 is 0 Å². The van der Waals surface area contributed by atoms with Crippen molar-refractivity contribution in [3.63, 3.8) is 0 Å². The third-order valence-corrected chi connectivity index (χ3v) is 6.82. The van der Waals surface area contributed by atoms with Crippen molar-refractivity contribution in [1.82, 2.24) is 15.0 Å². The number of rotatable bonds is 5. The van der Waals surface area contributed by atoms with Gasteiger partial charge in [-0.3, -0.25) is 4.79 Å². The molecule has 0 aromatic carbocycles. The normalized spacial score (nSPS) is 22.3. The zero-order valence-corrected chi connectivity index (χ0v) is 17.2. The molecule has 2 aliphatic heterocycles. The van der Waals surface area contributed by atoms with E-state index in [-0.39, 0.29) is 16.7 Å². The number of amides is 1. The summed E-state index contributed by atoms with van der Waals surface area (Å²) in [7, 11) is 0. The molecule has 1 aromatic heterocycles. The van der Waals surface area contributed by atoms with E-state index in [1.54, 1.807) is 0 Å². The third-order valence-electron chi connectivity index (χ3n) is 5.20. The van der Waals surface area contributed by atoms with Crippen LogP contribution in [0.2, 0.25) is 0 Å². The molecule has 1 fully saturated rings. The number of fused-ring (bicyclic) bond motifs is 1. The first kappa shape index (κ1) is 19.5. The summed E-state index contributed by atoms with van der Waals surface area (Å²) in [6.07, 6.45) is 3.04. The molecule has 0 aliphatic carbocycles. The van der Waals surface area contributed by atoms with Crippen LogP contribution in [0.1, 0.15) is 81.5 Å². The molecule has 2 aliphatic rings. The second kappa shape index (κ2) is 7.37. The van der Waals surface area contributed by atoms with E-state index in [0.29, 0.717) is 18.2 Å². The van der Waals surface area contributed by atoms with Crippen LogP contribution in [0.3, 0.4) is 0 Å². The predicted octanol–water partition coefficient (Wildman–Crippen LogP) is 2.82. The van der Waals surface area contributed by atoms with Crippen LogP contribution in [-0.2, 0) is 17.9 Å². The van der Waals surface area contributed by atoms with Gasteiger partial charge in [0.2, 0.25) is 0 Å². The van der Waals surface area contributed by atoms with Crippen molar-refractivity contribution >= 4 is 23.1 Å². The van der Waals surface area contributed by atoms with Crippen LogP contribution in [0.4, 0.5) is 5.82 Å². The molecular weight excluding hydrogens is 348 g/mol. The van der Waals surface area contributed by atoms with E-state index in [2.05, 4.69) is 28.8 Å². The molecule has 0 saturated carbocycles. The van der Waals surface area contributed by atoms with E-state index in [9.17, 15) is 9.35 Å². The van der Waals surface area contributed by atoms with Gasteiger partial charge in [0.1, 0.15) is 10.6 Å². The lowest BCUT2D eigenvalue weighted by Crippen LogP contribution is -2.41. The Kier molecular flexibility index (Phi) is 5.51. The van der Waals surface area contributed by atoms with E-state index < -0.39 is 11.4 Å². The smallest absolute Gasteiger partial charge is 0.252 e. The first-order valence-corrected chi connectivity index (χ1v) is 10.6. The number of aromatic nitrogens is 1. The van der Waals surface area contributed by atoms with E-state index in [0.717, 1.165) is 42.9 Å². The highest BCUT2D eigenvalue weighted by molar-refractivity contribution is 7.90. The van der Waals surface area contributed by atoms with Crippen LogP contribution in [0.15, 0.2) is 6.07 Å². The van der Waals surface area contributed by atoms with Crippen molar-refractivity contribution < 1.29 is 9.35 Å². The number of anilines is 1. The lowest BCUT2D eigenvalue weighted by molar-refractivity contribution is 0.0965. The van der Waals surface area contributed by atoms with Crippen molar-refractivity contribution in [3.05, 3.63) is 22.9 Å². The van der Waals surface area contributed by atoms with E-state index in [1.165, 1.54) is 0 Å². The van der Waals surface area contributed by atoms with Gasteiger partial charge >= 0.3 is 0 Å². The van der Waals surface area contributed by atoms with Crippen molar-refractivity contribution in [3.8, 4) is 0 Å². The number of carbonyl (C=O) groups excluding carboxylic acids is 1. The van der Waals surface area contributed by atoms with Crippen LogP contribution in [0.5, 0.6) is 0 Å². The predicted molar refractivity (Wildman–Crippen MR) is 106 cm³/mol. The second-order valence-electron chi connectivity index (χ2n) is 8.22.